The van der Waals surface area contributed by atoms with Crippen molar-refractivity contribution in [3.8, 4) is 16.9 Å². The third kappa shape index (κ3) is 4.50. The summed E-state index contributed by atoms with van der Waals surface area (Å²) in [5.41, 5.74) is 6.83. The van der Waals surface area contributed by atoms with E-state index in [1.165, 1.54) is 5.56 Å². The quantitative estimate of drug-likeness (QED) is 0.640. The summed E-state index contributed by atoms with van der Waals surface area (Å²) in [6, 6.07) is 11.5. The van der Waals surface area contributed by atoms with Gasteiger partial charge in [-0.1, -0.05) is 58.4 Å². The van der Waals surface area contributed by atoms with Gasteiger partial charge in [0.2, 0.25) is 0 Å². The molecule has 1 aliphatic rings. The minimum atomic E-state index is -0.0302. The average Bonchev–Trinajstić information content (AvgIpc) is 2.61. The zero-order chi connectivity index (χ0) is 20.5. The van der Waals surface area contributed by atoms with Crippen LogP contribution in [0, 0.1) is 5.41 Å². The van der Waals surface area contributed by atoms with Crippen molar-refractivity contribution in [2.24, 2.45) is 10.5 Å². The zero-order valence-electron chi connectivity index (χ0n) is 17.1. The summed E-state index contributed by atoms with van der Waals surface area (Å²) in [4.78, 5) is 0. The van der Waals surface area contributed by atoms with Crippen LogP contribution < -0.4 is 10.5 Å². The van der Waals surface area contributed by atoms with Gasteiger partial charge in [-0.15, -0.1) is 0 Å². The molecule has 28 heavy (non-hydrogen) atoms. The lowest BCUT2D eigenvalue weighted by Gasteiger charge is -2.33. The summed E-state index contributed by atoms with van der Waals surface area (Å²) in [6.07, 6.45) is 6.33. The first-order valence-corrected chi connectivity index (χ1v) is 9.83. The first-order valence-electron chi connectivity index (χ1n) is 9.46. The van der Waals surface area contributed by atoms with Gasteiger partial charge in [0.1, 0.15) is 5.75 Å². The summed E-state index contributed by atoms with van der Waals surface area (Å²) in [7, 11) is 0. The Kier molecular flexibility index (Phi) is 5.44. The number of aromatic hydroxyl groups is 1. The van der Waals surface area contributed by atoms with Gasteiger partial charge in [-0.05, 0) is 53.2 Å². The average molecular weight is 398 g/mol. The Labute approximate surface area is 172 Å². The maximum atomic E-state index is 10.7. The monoisotopic (exact) mass is 397 g/mol. The van der Waals surface area contributed by atoms with Gasteiger partial charge in [0.15, 0.2) is 0 Å². The highest BCUT2D eigenvalue weighted by atomic mass is 35.5. The number of nitrogens with one attached hydrogen (secondary N) is 1. The van der Waals surface area contributed by atoms with Crippen LogP contribution in [0.15, 0.2) is 53.8 Å². The summed E-state index contributed by atoms with van der Waals surface area (Å²) in [6.45, 7) is 11.2. The number of hydrazine groups is 1. The fourth-order valence-electron chi connectivity index (χ4n) is 3.94. The van der Waals surface area contributed by atoms with Crippen LogP contribution >= 0.6 is 11.6 Å². The molecule has 0 spiro atoms. The fourth-order valence-corrected chi connectivity index (χ4v) is 4.10. The number of phenolic OH excluding ortho intramolecular Hbond substituents is 1. The van der Waals surface area contributed by atoms with E-state index in [0.717, 1.165) is 23.2 Å². The highest BCUT2D eigenvalue weighted by Crippen LogP contribution is 2.42. The molecule has 3 rings (SSSR count). The molecule has 2 aromatic rings. The van der Waals surface area contributed by atoms with Crippen LogP contribution in [-0.4, -0.2) is 11.3 Å². The standard InChI is InChI=1S/C23H28ClN3O/c1-22(2,3)15-23(4,5)16-7-10-21(28)19(13-16)18-9-8-17(24)14-20(18)27-25-11-6-12-26-27/h6-14,25,28H,15H2,1-5H3. The highest BCUT2D eigenvalue weighted by Gasteiger charge is 2.28. The summed E-state index contributed by atoms with van der Waals surface area (Å²) >= 11 is 6.25. The minimum Gasteiger partial charge on any atom is -0.507 e. The number of hydrogen-bond acceptors (Lipinski definition) is 4. The van der Waals surface area contributed by atoms with Crippen molar-refractivity contribution in [1.82, 2.24) is 5.43 Å². The number of anilines is 1. The van der Waals surface area contributed by atoms with E-state index in [4.69, 9.17) is 11.6 Å². The Bertz CT molecular complexity index is 926. The topological polar surface area (TPSA) is 47.9 Å². The van der Waals surface area contributed by atoms with Crippen LogP contribution in [0.2, 0.25) is 5.02 Å². The maximum absolute atomic E-state index is 10.7. The first kappa shape index (κ1) is 20.3. The molecule has 1 heterocycles. The van der Waals surface area contributed by atoms with Crippen LogP contribution in [0.25, 0.3) is 11.1 Å². The Balaban J connectivity index is 2.10. The molecule has 0 aromatic heterocycles. The Hall–Kier alpha value is -2.46. The van der Waals surface area contributed by atoms with Crippen LogP contribution in [-0.2, 0) is 5.41 Å². The number of hydrogen-bond donors (Lipinski definition) is 2. The molecule has 0 unspecified atom stereocenters. The van der Waals surface area contributed by atoms with Crippen molar-refractivity contribution in [2.75, 3.05) is 5.12 Å². The number of rotatable bonds is 4. The van der Waals surface area contributed by atoms with Crippen LogP contribution in [0.1, 0.15) is 46.6 Å². The van der Waals surface area contributed by atoms with E-state index in [2.05, 4.69) is 51.2 Å². The Morgan fingerprint density at radius 3 is 2.43 bits per heavy atom. The van der Waals surface area contributed by atoms with E-state index < -0.39 is 0 Å². The molecule has 4 nitrogen and oxygen atoms in total. The maximum Gasteiger partial charge on any atom is 0.123 e. The molecule has 5 heteroatoms. The number of allylic oxidation sites excluding steroid dienone is 1. The fraction of sp³-hybridized carbons (Fsp3) is 0.348. The van der Waals surface area contributed by atoms with Crippen LogP contribution in [0.4, 0.5) is 5.69 Å². The van der Waals surface area contributed by atoms with Gasteiger partial charge >= 0.3 is 0 Å². The molecule has 148 valence electrons. The van der Waals surface area contributed by atoms with Gasteiger partial charge < -0.3 is 5.11 Å². The zero-order valence-corrected chi connectivity index (χ0v) is 17.9. The SMILES string of the molecule is CC(C)(C)CC(C)(C)c1ccc(O)c(-c2ccc(Cl)cc2N2N=CC=CN2)c1. The minimum absolute atomic E-state index is 0.0302. The number of nitrogens with zero attached hydrogens (tertiary/aromatic N) is 2. The molecular weight excluding hydrogens is 370 g/mol. The molecule has 1 aliphatic heterocycles. The normalized spacial score (nSPS) is 14.3. The van der Waals surface area contributed by atoms with Crippen molar-refractivity contribution in [3.63, 3.8) is 0 Å². The molecule has 0 saturated heterocycles. The van der Waals surface area contributed by atoms with Gasteiger partial charge in [-0.25, -0.2) is 0 Å². The summed E-state index contributed by atoms with van der Waals surface area (Å²) < 4.78 is 0. The second-order valence-electron chi connectivity index (χ2n) is 9.08. The van der Waals surface area contributed by atoms with Crippen molar-refractivity contribution < 1.29 is 5.11 Å². The number of phenols is 1. The molecule has 0 radical (unpaired) electrons. The van der Waals surface area contributed by atoms with Crippen molar-refractivity contribution in [2.45, 2.75) is 46.5 Å². The van der Waals surface area contributed by atoms with E-state index in [-0.39, 0.29) is 16.6 Å². The molecule has 0 saturated carbocycles. The van der Waals surface area contributed by atoms with Crippen molar-refractivity contribution >= 4 is 23.5 Å². The third-order valence-electron chi connectivity index (χ3n) is 4.79. The van der Waals surface area contributed by atoms with E-state index in [1.807, 2.05) is 30.3 Å². The molecular formula is C23H28ClN3O. The Morgan fingerprint density at radius 2 is 1.79 bits per heavy atom. The number of benzene rings is 2. The third-order valence-corrected chi connectivity index (χ3v) is 5.02. The predicted molar refractivity (Wildman–Crippen MR) is 119 cm³/mol. The van der Waals surface area contributed by atoms with Gasteiger partial charge in [0.05, 0.1) is 11.9 Å². The van der Waals surface area contributed by atoms with Crippen molar-refractivity contribution in [3.05, 3.63) is 59.3 Å². The van der Waals surface area contributed by atoms with E-state index in [1.54, 1.807) is 23.6 Å². The summed E-state index contributed by atoms with van der Waals surface area (Å²) in [5, 5.41) is 17.3. The molecule has 0 fully saturated rings. The van der Waals surface area contributed by atoms with E-state index in [0.29, 0.717) is 5.02 Å². The first-order chi connectivity index (χ1) is 13.1. The smallest absolute Gasteiger partial charge is 0.123 e. The van der Waals surface area contributed by atoms with Gasteiger partial charge in [0.25, 0.3) is 0 Å². The lowest BCUT2D eigenvalue weighted by atomic mass is 9.72. The van der Waals surface area contributed by atoms with Gasteiger partial charge in [0, 0.05) is 22.3 Å². The largest absolute Gasteiger partial charge is 0.507 e. The predicted octanol–water partition coefficient (Wildman–Crippen LogP) is 6.25. The molecule has 2 aromatic carbocycles. The lowest BCUT2D eigenvalue weighted by molar-refractivity contribution is 0.284. The van der Waals surface area contributed by atoms with Gasteiger partial charge in [-0.2, -0.15) is 10.2 Å². The molecule has 0 bridgehead atoms. The second kappa shape index (κ2) is 7.51. The van der Waals surface area contributed by atoms with E-state index >= 15 is 0 Å². The number of halogens is 1. The van der Waals surface area contributed by atoms with Crippen molar-refractivity contribution in [1.29, 1.82) is 0 Å². The lowest BCUT2D eigenvalue weighted by Crippen LogP contribution is -2.31. The molecule has 0 amide bonds. The second-order valence-corrected chi connectivity index (χ2v) is 9.52. The number of hydrazone groups is 1. The van der Waals surface area contributed by atoms with Crippen LogP contribution in [0.3, 0.4) is 0 Å². The molecule has 2 N–H and O–H groups in total. The summed E-state index contributed by atoms with van der Waals surface area (Å²) in [5.74, 6) is 0.232. The molecule has 0 atom stereocenters. The van der Waals surface area contributed by atoms with E-state index in [9.17, 15) is 5.11 Å². The Morgan fingerprint density at radius 1 is 1.04 bits per heavy atom. The van der Waals surface area contributed by atoms with Crippen LogP contribution in [0.5, 0.6) is 5.75 Å². The van der Waals surface area contributed by atoms with Gasteiger partial charge in [-0.3, -0.25) is 5.43 Å². The highest BCUT2D eigenvalue weighted by molar-refractivity contribution is 6.31. The molecule has 0 aliphatic carbocycles.